The van der Waals surface area contributed by atoms with Crippen LogP contribution in [-0.4, -0.2) is 59.7 Å². The number of benzene rings is 1. The van der Waals surface area contributed by atoms with Crippen molar-refractivity contribution in [3.05, 3.63) is 22.7 Å². The van der Waals surface area contributed by atoms with E-state index in [0.29, 0.717) is 41.0 Å². The first-order chi connectivity index (χ1) is 11.5. The molecule has 0 saturated carbocycles. The smallest absolute Gasteiger partial charge is 0.305 e. The number of amides is 1. The Hall–Kier alpha value is -1.60. The van der Waals surface area contributed by atoms with E-state index >= 15 is 0 Å². The van der Waals surface area contributed by atoms with E-state index in [1.807, 2.05) is 6.92 Å². The molecular weight excluding hydrogens is 354 g/mol. The predicted octanol–water partition coefficient (Wildman–Crippen LogP) is 2.78. The van der Waals surface area contributed by atoms with E-state index in [9.17, 15) is 9.59 Å². The van der Waals surface area contributed by atoms with Crippen molar-refractivity contribution < 1.29 is 24.2 Å². The summed E-state index contributed by atoms with van der Waals surface area (Å²) in [5, 5.41) is 9.35. The molecule has 1 heterocycles. The molecule has 1 aromatic carbocycles. The Morgan fingerprint density at radius 3 is 2.83 bits per heavy atom. The third kappa shape index (κ3) is 4.27. The van der Waals surface area contributed by atoms with Crippen molar-refractivity contribution >= 4 is 35.2 Å². The van der Waals surface area contributed by atoms with Gasteiger partial charge >= 0.3 is 5.97 Å². The molecule has 1 aliphatic heterocycles. The number of ether oxygens (including phenoxy) is 2. The van der Waals surface area contributed by atoms with Crippen LogP contribution in [0.15, 0.2) is 12.1 Å². The van der Waals surface area contributed by atoms with Crippen molar-refractivity contribution in [2.24, 2.45) is 0 Å². The average molecular weight is 374 g/mol. The third-order valence-electron chi connectivity index (χ3n) is 3.66. The molecule has 1 aromatic rings. The molecule has 0 radical (unpaired) electrons. The molecule has 1 aliphatic rings. The van der Waals surface area contributed by atoms with Crippen LogP contribution in [0, 0.1) is 0 Å². The number of carboxylic acid groups (broad SMARTS) is 1. The molecule has 0 spiro atoms. The van der Waals surface area contributed by atoms with Crippen molar-refractivity contribution in [3.8, 4) is 11.5 Å². The molecule has 1 amide bonds. The number of halogens is 1. The monoisotopic (exact) mass is 373 g/mol. The summed E-state index contributed by atoms with van der Waals surface area (Å²) in [6.07, 6.45) is -0.0688. The molecule has 132 valence electrons. The van der Waals surface area contributed by atoms with Crippen LogP contribution in [0.4, 0.5) is 0 Å². The molecular formula is C16H20ClNO5S. The minimum absolute atomic E-state index is 0.0688. The van der Waals surface area contributed by atoms with E-state index in [4.69, 9.17) is 26.2 Å². The molecule has 2 rings (SSSR count). The van der Waals surface area contributed by atoms with Crippen molar-refractivity contribution in [1.29, 1.82) is 0 Å². The van der Waals surface area contributed by atoms with Gasteiger partial charge in [-0.15, -0.1) is 0 Å². The van der Waals surface area contributed by atoms with Gasteiger partial charge in [0.2, 0.25) is 0 Å². The minimum Gasteiger partial charge on any atom is -0.493 e. The van der Waals surface area contributed by atoms with Gasteiger partial charge in [-0.2, -0.15) is 11.8 Å². The fraction of sp³-hybridized carbons (Fsp3) is 0.500. The predicted molar refractivity (Wildman–Crippen MR) is 93.6 cm³/mol. The normalized spacial score (nSPS) is 17.5. The van der Waals surface area contributed by atoms with Gasteiger partial charge in [-0.1, -0.05) is 11.6 Å². The Kier molecular flexibility index (Phi) is 6.62. The quantitative estimate of drug-likeness (QED) is 0.826. The van der Waals surface area contributed by atoms with Crippen molar-refractivity contribution in [1.82, 2.24) is 4.90 Å². The topological polar surface area (TPSA) is 76.1 Å². The number of hydrogen-bond acceptors (Lipinski definition) is 5. The molecule has 0 aromatic heterocycles. The van der Waals surface area contributed by atoms with Crippen LogP contribution in [0.2, 0.25) is 5.02 Å². The average Bonchev–Trinajstić information content (AvgIpc) is 2.56. The van der Waals surface area contributed by atoms with Gasteiger partial charge in [0.1, 0.15) is 0 Å². The van der Waals surface area contributed by atoms with Crippen LogP contribution in [-0.2, 0) is 4.79 Å². The summed E-state index contributed by atoms with van der Waals surface area (Å²) >= 11 is 7.88. The summed E-state index contributed by atoms with van der Waals surface area (Å²) in [4.78, 5) is 25.5. The lowest BCUT2D eigenvalue weighted by atomic mass is 10.1. The van der Waals surface area contributed by atoms with E-state index in [1.165, 1.54) is 13.2 Å². The van der Waals surface area contributed by atoms with Crippen LogP contribution < -0.4 is 9.47 Å². The van der Waals surface area contributed by atoms with Gasteiger partial charge in [0.25, 0.3) is 5.91 Å². The lowest BCUT2D eigenvalue weighted by molar-refractivity contribution is -0.138. The maximum Gasteiger partial charge on any atom is 0.305 e. The van der Waals surface area contributed by atoms with E-state index in [-0.39, 0.29) is 18.4 Å². The van der Waals surface area contributed by atoms with Crippen LogP contribution in [0.25, 0.3) is 0 Å². The fourth-order valence-electron chi connectivity index (χ4n) is 2.59. The lowest BCUT2D eigenvalue weighted by Gasteiger charge is -2.34. The van der Waals surface area contributed by atoms with Gasteiger partial charge < -0.3 is 19.5 Å². The Balaban J connectivity index is 2.30. The van der Waals surface area contributed by atoms with Crippen LogP contribution in [0.1, 0.15) is 23.7 Å². The number of aliphatic carboxylic acids is 1. The highest BCUT2D eigenvalue weighted by Gasteiger charge is 2.30. The van der Waals surface area contributed by atoms with Crippen molar-refractivity contribution in [2.45, 2.75) is 19.4 Å². The molecule has 24 heavy (non-hydrogen) atoms. The first-order valence-corrected chi connectivity index (χ1v) is 9.12. The zero-order chi connectivity index (χ0) is 17.7. The zero-order valence-corrected chi connectivity index (χ0v) is 15.2. The van der Waals surface area contributed by atoms with Crippen LogP contribution >= 0.6 is 23.4 Å². The Bertz CT molecular complexity index is 625. The summed E-state index contributed by atoms with van der Waals surface area (Å²) in [7, 11) is 1.48. The zero-order valence-electron chi connectivity index (χ0n) is 13.6. The van der Waals surface area contributed by atoms with E-state index in [1.54, 1.807) is 22.7 Å². The van der Waals surface area contributed by atoms with Gasteiger partial charge in [-0.3, -0.25) is 9.59 Å². The molecule has 1 atom stereocenters. The summed E-state index contributed by atoms with van der Waals surface area (Å²) < 4.78 is 10.7. The van der Waals surface area contributed by atoms with Gasteiger partial charge in [0, 0.05) is 23.6 Å². The number of methoxy groups -OCH3 is 1. The summed E-state index contributed by atoms with van der Waals surface area (Å²) in [6, 6.07) is 2.79. The SMILES string of the molecule is CCOc1c(Cl)cc(C(=O)N2CCSCC2CC(=O)O)cc1OC. The molecule has 0 aliphatic carbocycles. The largest absolute Gasteiger partial charge is 0.493 e. The molecule has 0 bridgehead atoms. The third-order valence-corrected chi connectivity index (χ3v) is 5.04. The van der Waals surface area contributed by atoms with Crippen LogP contribution in [0.3, 0.4) is 0 Å². The standard InChI is InChI=1S/C16H20ClNO5S/c1-3-23-15-12(17)6-10(7-13(15)22-2)16(21)18-4-5-24-9-11(18)8-14(19)20/h6-7,11H,3-5,8-9H2,1-2H3,(H,19,20). The fourth-order valence-corrected chi connectivity index (χ4v) is 3.91. The second-order valence-corrected chi connectivity index (χ2v) is 6.80. The number of thioether (sulfide) groups is 1. The number of carbonyl (C=O) groups is 2. The van der Waals surface area contributed by atoms with Crippen LogP contribution in [0.5, 0.6) is 11.5 Å². The molecule has 1 fully saturated rings. The highest BCUT2D eigenvalue weighted by molar-refractivity contribution is 7.99. The molecule has 1 N–H and O–H groups in total. The summed E-state index contributed by atoms with van der Waals surface area (Å²) in [5.41, 5.74) is 0.364. The summed E-state index contributed by atoms with van der Waals surface area (Å²) in [6.45, 7) is 2.76. The first kappa shape index (κ1) is 18.7. The molecule has 6 nitrogen and oxygen atoms in total. The molecule has 1 saturated heterocycles. The second kappa shape index (κ2) is 8.48. The summed E-state index contributed by atoms with van der Waals surface area (Å²) in [5.74, 6) is 1.01. The van der Waals surface area contributed by atoms with Gasteiger partial charge in [0.05, 0.1) is 31.2 Å². The van der Waals surface area contributed by atoms with Gasteiger partial charge in [-0.25, -0.2) is 0 Å². The number of carbonyl (C=O) groups excluding carboxylic acids is 1. The van der Waals surface area contributed by atoms with Crippen molar-refractivity contribution in [3.63, 3.8) is 0 Å². The maximum absolute atomic E-state index is 12.8. The molecule has 8 heteroatoms. The maximum atomic E-state index is 12.8. The number of nitrogens with zero attached hydrogens (tertiary/aromatic N) is 1. The minimum atomic E-state index is -0.914. The Morgan fingerprint density at radius 2 is 2.21 bits per heavy atom. The lowest BCUT2D eigenvalue weighted by Crippen LogP contribution is -2.47. The Labute approximate surface area is 150 Å². The first-order valence-electron chi connectivity index (χ1n) is 7.58. The van der Waals surface area contributed by atoms with E-state index in [0.717, 1.165) is 5.75 Å². The van der Waals surface area contributed by atoms with Gasteiger partial charge in [-0.05, 0) is 19.1 Å². The van der Waals surface area contributed by atoms with Gasteiger partial charge in [0.15, 0.2) is 11.5 Å². The number of carboxylic acids is 1. The van der Waals surface area contributed by atoms with E-state index in [2.05, 4.69) is 0 Å². The van der Waals surface area contributed by atoms with Crippen molar-refractivity contribution in [2.75, 3.05) is 31.8 Å². The number of rotatable bonds is 6. The Morgan fingerprint density at radius 1 is 1.46 bits per heavy atom. The van der Waals surface area contributed by atoms with E-state index < -0.39 is 5.97 Å². The highest BCUT2D eigenvalue weighted by Crippen LogP contribution is 2.37. The highest BCUT2D eigenvalue weighted by atomic mass is 35.5. The number of hydrogen-bond donors (Lipinski definition) is 1. The molecule has 1 unspecified atom stereocenters. The second-order valence-electron chi connectivity index (χ2n) is 5.25.